The second-order valence-electron chi connectivity index (χ2n) is 6.77. The molecule has 4 rings (SSSR count). The van der Waals surface area contributed by atoms with E-state index in [0.717, 1.165) is 11.3 Å². The van der Waals surface area contributed by atoms with Gasteiger partial charge in [0.05, 0.1) is 5.56 Å². The molecule has 0 aliphatic heterocycles. The number of carbonyl (C=O) groups is 3. The van der Waals surface area contributed by atoms with E-state index < -0.39 is 0 Å². The van der Waals surface area contributed by atoms with Crippen molar-refractivity contribution in [1.29, 1.82) is 0 Å². The minimum Gasteiger partial charge on any atom is -0.322 e. The molecule has 29 heavy (non-hydrogen) atoms. The third kappa shape index (κ3) is 3.28. The molecule has 0 atom stereocenters. The number of aryl methyl sites for hydroxylation is 1. The van der Waals surface area contributed by atoms with Gasteiger partial charge in [0.2, 0.25) is 0 Å². The topological polar surface area (TPSA) is 63.2 Å². The second kappa shape index (κ2) is 7.68. The monoisotopic (exact) mass is 401 g/mol. The van der Waals surface area contributed by atoms with Gasteiger partial charge in [-0.1, -0.05) is 49.4 Å². The van der Waals surface area contributed by atoms with E-state index in [9.17, 15) is 14.4 Å². The minimum atomic E-state index is -0.294. The molecule has 0 radical (unpaired) electrons. The van der Waals surface area contributed by atoms with Crippen LogP contribution in [-0.4, -0.2) is 23.2 Å². The first kappa shape index (κ1) is 19.2. The zero-order chi connectivity index (χ0) is 20.5. The predicted octanol–water partition coefficient (Wildman–Crippen LogP) is 5.13. The van der Waals surface area contributed by atoms with Crippen LogP contribution in [0.5, 0.6) is 0 Å². The fourth-order valence-electron chi connectivity index (χ4n) is 3.53. The molecule has 1 N–H and O–H groups in total. The number of anilines is 1. The average Bonchev–Trinajstić information content (AvgIpc) is 2.73. The Morgan fingerprint density at radius 2 is 1.52 bits per heavy atom. The van der Waals surface area contributed by atoms with Crippen molar-refractivity contribution >= 4 is 34.9 Å². The Kier molecular flexibility index (Phi) is 5.07. The van der Waals surface area contributed by atoms with Gasteiger partial charge >= 0.3 is 0 Å². The quantitative estimate of drug-likeness (QED) is 0.481. The van der Waals surface area contributed by atoms with E-state index in [4.69, 9.17) is 0 Å². The number of benzene rings is 3. The van der Waals surface area contributed by atoms with Crippen LogP contribution in [0.3, 0.4) is 0 Å². The molecule has 3 aromatic rings. The number of amides is 1. The number of fused-ring (bicyclic) bond motifs is 2. The number of thioether (sulfide) groups is 1. The fraction of sp³-hybridized carbons (Fsp3) is 0.125. The first-order chi connectivity index (χ1) is 14.0. The van der Waals surface area contributed by atoms with E-state index in [1.807, 2.05) is 38.1 Å². The van der Waals surface area contributed by atoms with Crippen molar-refractivity contribution in [3.05, 3.63) is 94.0 Å². The highest BCUT2D eigenvalue weighted by atomic mass is 32.2. The van der Waals surface area contributed by atoms with Gasteiger partial charge in [-0.25, -0.2) is 0 Å². The lowest BCUT2D eigenvalue weighted by Crippen LogP contribution is -2.24. The normalized spacial score (nSPS) is 12.3. The number of rotatable bonds is 4. The van der Waals surface area contributed by atoms with Crippen LogP contribution in [0.2, 0.25) is 0 Å². The molecule has 1 amide bonds. The number of hydrogen-bond donors (Lipinski definition) is 1. The molecule has 144 valence electrons. The summed E-state index contributed by atoms with van der Waals surface area (Å²) in [5, 5.41) is 2.93. The zero-order valence-corrected chi connectivity index (χ0v) is 16.9. The summed E-state index contributed by atoms with van der Waals surface area (Å²) in [7, 11) is 0. The fourth-order valence-corrected chi connectivity index (χ4v) is 4.48. The first-order valence-corrected chi connectivity index (χ1v) is 10.4. The summed E-state index contributed by atoms with van der Waals surface area (Å²) in [6, 6.07) is 17.6. The highest BCUT2D eigenvalue weighted by Crippen LogP contribution is 2.36. The maximum atomic E-state index is 13.2. The third-order valence-electron chi connectivity index (χ3n) is 4.97. The smallest absolute Gasteiger partial charge is 0.256 e. The molecule has 0 spiro atoms. The largest absolute Gasteiger partial charge is 0.322 e. The Morgan fingerprint density at radius 1 is 0.862 bits per heavy atom. The van der Waals surface area contributed by atoms with Gasteiger partial charge in [0.25, 0.3) is 5.91 Å². The van der Waals surface area contributed by atoms with Crippen molar-refractivity contribution in [3.8, 4) is 0 Å². The van der Waals surface area contributed by atoms with Crippen LogP contribution in [0.1, 0.15) is 54.7 Å². The number of nitrogens with one attached hydrogen (secondary N) is 1. The average molecular weight is 401 g/mol. The SMILES string of the molecule is CCSc1c(C(=O)Nc2ccccc2C)ccc2c1C(=O)c1ccccc1C2=O. The van der Waals surface area contributed by atoms with Crippen LogP contribution >= 0.6 is 11.8 Å². The number of para-hydroxylation sites is 1. The van der Waals surface area contributed by atoms with E-state index >= 15 is 0 Å². The summed E-state index contributed by atoms with van der Waals surface area (Å²) >= 11 is 1.41. The highest BCUT2D eigenvalue weighted by Gasteiger charge is 2.33. The van der Waals surface area contributed by atoms with Crippen molar-refractivity contribution in [2.24, 2.45) is 0 Å². The van der Waals surface area contributed by atoms with Crippen molar-refractivity contribution < 1.29 is 14.4 Å². The molecule has 3 aromatic carbocycles. The number of ketones is 2. The Bertz CT molecular complexity index is 1170. The van der Waals surface area contributed by atoms with E-state index in [1.54, 1.807) is 36.4 Å². The molecule has 0 fully saturated rings. The third-order valence-corrected chi connectivity index (χ3v) is 5.97. The maximum Gasteiger partial charge on any atom is 0.256 e. The second-order valence-corrected chi connectivity index (χ2v) is 8.04. The summed E-state index contributed by atoms with van der Waals surface area (Å²) < 4.78 is 0. The summed E-state index contributed by atoms with van der Waals surface area (Å²) in [5.74, 6) is -0.0163. The summed E-state index contributed by atoms with van der Waals surface area (Å²) in [6.45, 7) is 3.87. The van der Waals surface area contributed by atoms with Crippen molar-refractivity contribution in [1.82, 2.24) is 0 Å². The molecule has 0 heterocycles. The van der Waals surface area contributed by atoms with Gasteiger partial charge in [0.1, 0.15) is 0 Å². The lowest BCUT2D eigenvalue weighted by Gasteiger charge is -2.22. The van der Waals surface area contributed by atoms with E-state index in [0.29, 0.717) is 38.5 Å². The van der Waals surface area contributed by atoms with E-state index in [-0.39, 0.29) is 17.5 Å². The predicted molar refractivity (Wildman–Crippen MR) is 115 cm³/mol. The Morgan fingerprint density at radius 3 is 2.21 bits per heavy atom. The molecule has 0 unspecified atom stereocenters. The van der Waals surface area contributed by atoms with Crippen LogP contribution in [0, 0.1) is 6.92 Å². The molecule has 0 bridgehead atoms. The van der Waals surface area contributed by atoms with Crippen LogP contribution in [0.25, 0.3) is 0 Å². The van der Waals surface area contributed by atoms with Gasteiger partial charge in [-0.15, -0.1) is 11.8 Å². The summed E-state index contributed by atoms with van der Waals surface area (Å²) in [6.07, 6.45) is 0. The van der Waals surface area contributed by atoms with Crippen LogP contribution in [-0.2, 0) is 0 Å². The minimum absolute atomic E-state index is 0.181. The summed E-state index contributed by atoms with van der Waals surface area (Å²) in [5.41, 5.74) is 3.56. The summed E-state index contributed by atoms with van der Waals surface area (Å²) in [4.78, 5) is 39.8. The molecule has 0 saturated heterocycles. The van der Waals surface area contributed by atoms with Crippen molar-refractivity contribution in [3.63, 3.8) is 0 Å². The van der Waals surface area contributed by atoms with Crippen LogP contribution in [0.15, 0.2) is 65.6 Å². The number of hydrogen-bond acceptors (Lipinski definition) is 4. The van der Waals surface area contributed by atoms with Crippen molar-refractivity contribution in [2.45, 2.75) is 18.7 Å². The lowest BCUT2D eigenvalue weighted by atomic mass is 9.83. The lowest BCUT2D eigenvalue weighted by molar-refractivity contribution is 0.0975. The standard InChI is InChI=1S/C24H19NO3S/c1-3-29-23-18(24(28)25-19-11-7-4-8-14(19)2)13-12-17-20(23)22(27)16-10-6-5-9-15(16)21(17)26/h4-13H,3H2,1-2H3,(H,25,28). The van der Waals surface area contributed by atoms with Gasteiger partial charge in [-0.05, 0) is 36.4 Å². The molecule has 5 heteroatoms. The molecule has 4 nitrogen and oxygen atoms in total. The number of carbonyl (C=O) groups excluding carboxylic acids is 3. The van der Waals surface area contributed by atoms with Gasteiger partial charge in [0.15, 0.2) is 11.6 Å². The zero-order valence-electron chi connectivity index (χ0n) is 16.1. The molecule has 0 aromatic heterocycles. The molecule has 1 aliphatic carbocycles. The maximum absolute atomic E-state index is 13.2. The first-order valence-electron chi connectivity index (χ1n) is 9.38. The van der Waals surface area contributed by atoms with Gasteiger partial charge in [-0.2, -0.15) is 0 Å². The van der Waals surface area contributed by atoms with Crippen molar-refractivity contribution in [2.75, 3.05) is 11.1 Å². The Hall–Kier alpha value is -3.18. The molecular formula is C24H19NO3S. The molecular weight excluding hydrogens is 382 g/mol. The van der Waals surface area contributed by atoms with Gasteiger partial charge < -0.3 is 5.32 Å². The Balaban J connectivity index is 1.83. The highest BCUT2D eigenvalue weighted by molar-refractivity contribution is 7.99. The van der Waals surface area contributed by atoms with Gasteiger partial charge in [0, 0.05) is 32.8 Å². The van der Waals surface area contributed by atoms with Gasteiger partial charge in [-0.3, -0.25) is 14.4 Å². The Labute approximate surface area is 173 Å². The molecule has 1 aliphatic rings. The molecule has 0 saturated carbocycles. The van der Waals surface area contributed by atoms with E-state index in [2.05, 4.69) is 5.32 Å². The van der Waals surface area contributed by atoms with E-state index in [1.165, 1.54) is 11.8 Å². The van der Waals surface area contributed by atoms with Crippen LogP contribution in [0.4, 0.5) is 5.69 Å². The van der Waals surface area contributed by atoms with Crippen LogP contribution < -0.4 is 5.32 Å².